The summed E-state index contributed by atoms with van der Waals surface area (Å²) in [5.41, 5.74) is 0. The molecule has 0 saturated heterocycles. The summed E-state index contributed by atoms with van der Waals surface area (Å²) in [5, 5.41) is 0. The molecule has 0 spiro atoms. The van der Waals surface area contributed by atoms with Gasteiger partial charge in [-0.3, -0.25) is 0 Å². The zero-order valence-electron chi connectivity index (χ0n) is 33.1. The van der Waals surface area contributed by atoms with E-state index in [1.807, 2.05) is 0 Å². The van der Waals surface area contributed by atoms with E-state index >= 15 is 0 Å². The Bertz CT molecular complexity index is 722. The van der Waals surface area contributed by atoms with E-state index in [0.29, 0.717) is 0 Å². The summed E-state index contributed by atoms with van der Waals surface area (Å²) in [7, 11) is 0. The molecule has 0 aromatic carbocycles. The van der Waals surface area contributed by atoms with E-state index in [1.165, 1.54) is 251 Å². The molecular formula is C45H89N2+. The van der Waals surface area contributed by atoms with E-state index < -0.39 is 0 Å². The first-order valence-electron chi connectivity index (χ1n) is 22.4. The number of hydrogen-bond donors (Lipinski definition) is 0. The third-order valence-corrected chi connectivity index (χ3v) is 10.8. The van der Waals surface area contributed by atoms with Crippen LogP contribution in [0, 0.1) is 0 Å². The van der Waals surface area contributed by atoms with Crippen molar-refractivity contribution >= 4 is 0 Å². The monoisotopic (exact) mass is 658 g/mol. The summed E-state index contributed by atoms with van der Waals surface area (Å²) in [6, 6.07) is 0. The molecule has 0 saturated carbocycles. The lowest BCUT2D eigenvalue weighted by Gasteiger charge is -2.07. The summed E-state index contributed by atoms with van der Waals surface area (Å²) in [5.74, 6) is 1.63. The third-order valence-electron chi connectivity index (χ3n) is 10.8. The topological polar surface area (TPSA) is 8.81 Å². The molecule has 0 aliphatic rings. The fourth-order valence-corrected chi connectivity index (χ4v) is 7.56. The summed E-state index contributed by atoms with van der Waals surface area (Å²) >= 11 is 0. The lowest BCUT2D eigenvalue weighted by molar-refractivity contribution is -0.704. The lowest BCUT2D eigenvalue weighted by atomic mass is 10.0. The first kappa shape index (κ1) is 44.2. The molecule has 0 fully saturated rings. The molecule has 0 bridgehead atoms. The van der Waals surface area contributed by atoms with Gasteiger partial charge in [0.1, 0.15) is 12.4 Å². The van der Waals surface area contributed by atoms with E-state index in [9.17, 15) is 0 Å². The number of rotatable bonds is 39. The molecule has 2 nitrogen and oxygen atoms in total. The van der Waals surface area contributed by atoms with Crippen LogP contribution in [0.3, 0.4) is 0 Å². The van der Waals surface area contributed by atoms with Gasteiger partial charge in [-0.15, -0.1) is 0 Å². The van der Waals surface area contributed by atoms with E-state index in [0.717, 1.165) is 0 Å². The van der Waals surface area contributed by atoms with E-state index in [4.69, 9.17) is 0 Å². The van der Waals surface area contributed by atoms with Gasteiger partial charge in [-0.1, -0.05) is 220 Å². The maximum absolute atomic E-state index is 2.65. The second kappa shape index (κ2) is 36.5. The number of imidazole rings is 1. The number of aromatic nitrogens is 2. The van der Waals surface area contributed by atoms with Crippen molar-refractivity contribution in [3.8, 4) is 0 Å². The van der Waals surface area contributed by atoms with Crippen LogP contribution in [-0.4, -0.2) is 4.57 Å². The number of hydrogen-bond acceptors (Lipinski definition) is 0. The maximum atomic E-state index is 2.65. The number of unbranched alkanes of at least 4 members (excludes halogenated alkanes) is 33. The Morgan fingerprint density at radius 1 is 0.362 bits per heavy atom. The highest BCUT2D eigenvalue weighted by Gasteiger charge is 2.16. The molecular weight excluding hydrogens is 569 g/mol. The van der Waals surface area contributed by atoms with Crippen molar-refractivity contribution in [1.82, 2.24) is 4.57 Å². The van der Waals surface area contributed by atoms with Gasteiger partial charge in [-0.2, -0.15) is 0 Å². The minimum atomic E-state index is 1.23. The molecule has 1 aromatic heterocycles. The Morgan fingerprint density at radius 2 is 0.660 bits per heavy atom. The molecule has 0 aliphatic heterocycles. The molecule has 47 heavy (non-hydrogen) atoms. The van der Waals surface area contributed by atoms with Crippen molar-refractivity contribution in [2.24, 2.45) is 0 Å². The highest BCUT2D eigenvalue weighted by atomic mass is 15.1. The molecule has 0 N–H and O–H groups in total. The maximum Gasteiger partial charge on any atom is 0.256 e. The first-order valence-corrected chi connectivity index (χ1v) is 22.4. The van der Waals surface area contributed by atoms with Crippen molar-refractivity contribution in [3.05, 3.63) is 18.2 Å². The second-order valence-corrected chi connectivity index (χ2v) is 15.5. The molecule has 1 aromatic rings. The summed E-state index contributed by atoms with van der Waals surface area (Å²) in [6.07, 6.45) is 57.8. The van der Waals surface area contributed by atoms with Crippen LogP contribution in [0.5, 0.6) is 0 Å². The minimum absolute atomic E-state index is 1.23. The Labute approximate surface area is 298 Å². The van der Waals surface area contributed by atoms with Gasteiger partial charge in [0, 0.05) is 6.42 Å². The molecule has 0 atom stereocenters. The Hall–Kier alpha value is -0.790. The molecule has 1 rings (SSSR count). The smallest absolute Gasteiger partial charge is 0.234 e. The zero-order valence-corrected chi connectivity index (χ0v) is 33.1. The molecule has 0 amide bonds. The van der Waals surface area contributed by atoms with Gasteiger partial charge >= 0.3 is 0 Å². The van der Waals surface area contributed by atoms with Crippen molar-refractivity contribution < 1.29 is 4.57 Å². The van der Waals surface area contributed by atoms with Crippen molar-refractivity contribution in [2.75, 3.05) is 0 Å². The van der Waals surface area contributed by atoms with Crippen LogP contribution >= 0.6 is 0 Å². The molecule has 0 unspecified atom stereocenters. The van der Waals surface area contributed by atoms with Crippen LogP contribution < -0.4 is 4.57 Å². The van der Waals surface area contributed by atoms with Crippen molar-refractivity contribution in [2.45, 2.75) is 271 Å². The van der Waals surface area contributed by atoms with Gasteiger partial charge < -0.3 is 0 Å². The summed E-state index contributed by atoms with van der Waals surface area (Å²) in [4.78, 5) is 0. The van der Waals surface area contributed by atoms with E-state index in [2.05, 4.69) is 42.3 Å². The van der Waals surface area contributed by atoms with Gasteiger partial charge in [0.25, 0.3) is 5.82 Å². The van der Waals surface area contributed by atoms with Gasteiger partial charge in [-0.05, 0) is 32.1 Å². The quantitative estimate of drug-likeness (QED) is 0.0492. The summed E-state index contributed by atoms with van der Waals surface area (Å²) in [6.45, 7) is 9.41. The van der Waals surface area contributed by atoms with E-state index in [1.54, 1.807) is 5.82 Å². The Balaban J connectivity index is 2.26. The second-order valence-electron chi connectivity index (χ2n) is 15.5. The number of nitrogens with zero attached hydrogens (tertiary/aromatic N) is 2. The van der Waals surface area contributed by atoms with Crippen LogP contribution in [-0.2, 0) is 19.5 Å². The molecule has 0 aliphatic carbocycles. The summed E-state index contributed by atoms with van der Waals surface area (Å²) < 4.78 is 5.29. The van der Waals surface area contributed by atoms with Crippen LogP contribution in [0.4, 0.5) is 0 Å². The van der Waals surface area contributed by atoms with Crippen LogP contribution in [0.1, 0.15) is 258 Å². The van der Waals surface area contributed by atoms with Gasteiger partial charge in [0.2, 0.25) is 0 Å². The fourth-order valence-electron chi connectivity index (χ4n) is 7.56. The van der Waals surface area contributed by atoms with E-state index in [-0.39, 0.29) is 0 Å². The fraction of sp³-hybridized carbons (Fsp3) is 0.933. The molecule has 278 valence electrons. The highest BCUT2D eigenvalue weighted by Crippen LogP contribution is 2.16. The zero-order chi connectivity index (χ0) is 33.7. The predicted molar refractivity (Wildman–Crippen MR) is 212 cm³/mol. The third kappa shape index (κ3) is 28.7. The number of aryl methyl sites for hydroxylation is 2. The molecule has 0 radical (unpaired) electrons. The Kier molecular flexibility index (Phi) is 34.3. The minimum Gasteiger partial charge on any atom is -0.234 e. The SMILES string of the molecule is CCCCCCCCCCCCCCCCCc1n(CCCCCCCCCCCCCC)cc[n+]1CCCCCCCCCCC. The Morgan fingerprint density at radius 3 is 1.02 bits per heavy atom. The van der Waals surface area contributed by atoms with Crippen LogP contribution in [0.2, 0.25) is 0 Å². The molecule has 2 heteroatoms. The highest BCUT2D eigenvalue weighted by molar-refractivity contribution is 4.84. The lowest BCUT2D eigenvalue weighted by Crippen LogP contribution is -2.37. The standard InChI is InChI=1S/C45H89N2/c1-4-7-10-13-16-19-21-23-24-25-26-28-31-34-37-40-45-46(41-38-35-32-29-18-15-12-9-6-3)43-44-47(45)42-39-36-33-30-27-22-20-17-14-11-8-5-2/h43-44H,4-42H2,1-3H3/q+1. The predicted octanol–water partition coefficient (Wildman–Crippen LogP) is 15.4. The average molecular weight is 658 g/mol. The average Bonchev–Trinajstić information content (AvgIpc) is 3.47. The van der Waals surface area contributed by atoms with Gasteiger partial charge in [-0.25, -0.2) is 9.13 Å². The van der Waals surface area contributed by atoms with Crippen molar-refractivity contribution in [1.29, 1.82) is 0 Å². The largest absolute Gasteiger partial charge is 0.256 e. The van der Waals surface area contributed by atoms with Gasteiger partial charge in [0.05, 0.1) is 13.1 Å². The van der Waals surface area contributed by atoms with Crippen molar-refractivity contribution in [3.63, 3.8) is 0 Å². The van der Waals surface area contributed by atoms with Gasteiger partial charge in [0.15, 0.2) is 0 Å². The van der Waals surface area contributed by atoms with Crippen LogP contribution in [0.15, 0.2) is 12.4 Å². The normalized spacial score (nSPS) is 11.6. The molecule has 1 heterocycles. The van der Waals surface area contributed by atoms with Crippen LogP contribution in [0.25, 0.3) is 0 Å². The first-order chi connectivity index (χ1) is 23.3.